The molecule has 17 heavy (non-hydrogen) atoms. The molecule has 2 heterocycles. The smallest absolute Gasteiger partial charge is 0.261 e. The summed E-state index contributed by atoms with van der Waals surface area (Å²) in [6, 6.07) is 8.71. The van der Waals surface area contributed by atoms with Gasteiger partial charge in [0.2, 0.25) is 5.88 Å². The van der Waals surface area contributed by atoms with Crippen LogP contribution in [0.3, 0.4) is 0 Å². The summed E-state index contributed by atoms with van der Waals surface area (Å²) in [7, 11) is 0. The van der Waals surface area contributed by atoms with E-state index in [-0.39, 0.29) is 11.8 Å². The van der Waals surface area contributed by atoms with Gasteiger partial charge < -0.3 is 10.1 Å². The first kappa shape index (κ1) is 10.1. The van der Waals surface area contributed by atoms with Crippen molar-refractivity contribution in [3.63, 3.8) is 0 Å². The number of amides is 1. The zero-order valence-electron chi connectivity index (χ0n) is 8.61. The van der Waals surface area contributed by atoms with Gasteiger partial charge in [-0.25, -0.2) is 4.98 Å². The maximum absolute atomic E-state index is 11.9. The van der Waals surface area contributed by atoms with Crippen LogP contribution in [0, 0.1) is 0 Å². The Morgan fingerprint density at radius 1 is 1.29 bits per heavy atom. The summed E-state index contributed by atoms with van der Waals surface area (Å²) in [5.41, 5.74) is 0.945. The Labute approximate surface area is 102 Å². The van der Waals surface area contributed by atoms with Crippen LogP contribution in [0.2, 0.25) is 5.02 Å². The second kappa shape index (κ2) is 3.75. The van der Waals surface area contributed by atoms with Crippen molar-refractivity contribution < 1.29 is 9.53 Å². The summed E-state index contributed by atoms with van der Waals surface area (Å²) >= 11 is 5.81. The Bertz CT molecular complexity index is 613. The van der Waals surface area contributed by atoms with E-state index in [0.29, 0.717) is 22.0 Å². The number of halogens is 1. The molecule has 0 spiro atoms. The lowest BCUT2D eigenvalue weighted by Crippen LogP contribution is -2.10. The van der Waals surface area contributed by atoms with Crippen LogP contribution in [-0.4, -0.2) is 10.9 Å². The number of pyridine rings is 1. The van der Waals surface area contributed by atoms with Crippen LogP contribution in [0.4, 0.5) is 5.69 Å². The lowest BCUT2D eigenvalue weighted by molar-refractivity contribution is 0.102. The van der Waals surface area contributed by atoms with Gasteiger partial charge in [0, 0.05) is 6.20 Å². The number of hydrogen-bond donors (Lipinski definition) is 1. The molecule has 0 aliphatic carbocycles. The highest BCUT2D eigenvalue weighted by Gasteiger charge is 2.21. The highest BCUT2D eigenvalue weighted by atomic mass is 35.5. The second-order valence-corrected chi connectivity index (χ2v) is 4.00. The predicted octanol–water partition coefficient (Wildman–Crippen LogP) is 3.09. The van der Waals surface area contributed by atoms with E-state index in [2.05, 4.69) is 10.3 Å². The van der Waals surface area contributed by atoms with Gasteiger partial charge in [-0.3, -0.25) is 4.79 Å². The first-order chi connectivity index (χ1) is 8.24. The van der Waals surface area contributed by atoms with Crippen LogP contribution in [-0.2, 0) is 0 Å². The molecule has 0 bridgehead atoms. The number of anilines is 1. The fraction of sp³-hybridized carbons (Fsp3) is 0. The van der Waals surface area contributed by atoms with Gasteiger partial charge in [-0.15, -0.1) is 0 Å². The Balaban J connectivity index is 2.17. The van der Waals surface area contributed by atoms with Gasteiger partial charge in [0.25, 0.3) is 5.91 Å². The lowest BCUT2D eigenvalue weighted by Gasteiger charge is -2.05. The standard InChI is InChI=1S/C12H7ClN2O2/c13-7-5-8-11(16)15-9-3-1-2-4-10(9)17-12(8)14-6-7/h1-6H,(H,15,16). The summed E-state index contributed by atoms with van der Waals surface area (Å²) in [4.78, 5) is 15.9. The van der Waals surface area contributed by atoms with Crippen molar-refractivity contribution in [1.29, 1.82) is 0 Å². The van der Waals surface area contributed by atoms with Crippen LogP contribution in [0.25, 0.3) is 0 Å². The number of para-hydroxylation sites is 2. The summed E-state index contributed by atoms with van der Waals surface area (Å²) in [6.07, 6.45) is 1.45. The summed E-state index contributed by atoms with van der Waals surface area (Å²) in [5, 5.41) is 3.14. The summed E-state index contributed by atoms with van der Waals surface area (Å²) in [5.74, 6) is 0.547. The van der Waals surface area contributed by atoms with E-state index in [9.17, 15) is 4.79 Å². The molecular weight excluding hydrogens is 240 g/mol. The molecule has 0 saturated carbocycles. The monoisotopic (exact) mass is 246 g/mol. The van der Waals surface area contributed by atoms with E-state index in [4.69, 9.17) is 16.3 Å². The normalized spacial score (nSPS) is 12.9. The van der Waals surface area contributed by atoms with E-state index >= 15 is 0 Å². The Morgan fingerprint density at radius 3 is 3.00 bits per heavy atom. The molecule has 0 atom stereocenters. The third-order valence-corrected chi connectivity index (χ3v) is 2.61. The number of carbonyl (C=O) groups is 1. The molecule has 1 N–H and O–H groups in total. The van der Waals surface area contributed by atoms with Gasteiger partial charge in [-0.2, -0.15) is 0 Å². The number of hydrogen-bond acceptors (Lipinski definition) is 3. The topological polar surface area (TPSA) is 51.2 Å². The maximum Gasteiger partial charge on any atom is 0.261 e. The molecule has 0 unspecified atom stereocenters. The molecule has 3 rings (SSSR count). The number of benzene rings is 1. The minimum atomic E-state index is -0.278. The number of nitrogens with zero attached hydrogens (tertiary/aromatic N) is 1. The average Bonchev–Trinajstić information content (AvgIpc) is 2.46. The SMILES string of the molecule is O=C1Nc2ccccc2Oc2ncc(Cl)cc21. The molecule has 5 heteroatoms. The van der Waals surface area contributed by atoms with E-state index < -0.39 is 0 Å². The molecule has 1 aromatic carbocycles. The van der Waals surface area contributed by atoms with E-state index in [1.54, 1.807) is 12.1 Å². The molecule has 0 saturated heterocycles. The molecule has 1 aliphatic rings. The van der Waals surface area contributed by atoms with Crippen LogP contribution >= 0.6 is 11.6 Å². The molecular formula is C12H7ClN2O2. The number of rotatable bonds is 0. The third kappa shape index (κ3) is 1.72. The third-order valence-electron chi connectivity index (χ3n) is 2.40. The molecule has 2 aromatic rings. The number of nitrogens with one attached hydrogen (secondary N) is 1. The lowest BCUT2D eigenvalue weighted by atomic mass is 10.2. The minimum Gasteiger partial charge on any atom is -0.436 e. The van der Waals surface area contributed by atoms with Crippen molar-refractivity contribution in [2.45, 2.75) is 0 Å². The van der Waals surface area contributed by atoms with Crippen LogP contribution < -0.4 is 10.1 Å². The Kier molecular flexibility index (Phi) is 2.23. The molecule has 0 fully saturated rings. The quantitative estimate of drug-likeness (QED) is 0.777. The highest BCUT2D eigenvalue weighted by molar-refractivity contribution is 6.31. The summed E-state index contributed by atoms with van der Waals surface area (Å²) < 4.78 is 5.57. The first-order valence-electron chi connectivity index (χ1n) is 4.98. The Morgan fingerprint density at radius 2 is 2.12 bits per heavy atom. The van der Waals surface area contributed by atoms with Crippen molar-refractivity contribution in [3.05, 3.63) is 47.1 Å². The average molecular weight is 247 g/mol. The molecule has 84 valence electrons. The van der Waals surface area contributed by atoms with Crippen molar-refractivity contribution in [1.82, 2.24) is 4.98 Å². The molecule has 1 amide bonds. The van der Waals surface area contributed by atoms with Crippen LogP contribution in [0.15, 0.2) is 36.5 Å². The van der Waals surface area contributed by atoms with E-state index in [1.807, 2.05) is 12.1 Å². The van der Waals surface area contributed by atoms with Crippen molar-refractivity contribution in [2.75, 3.05) is 5.32 Å². The zero-order chi connectivity index (χ0) is 11.8. The van der Waals surface area contributed by atoms with Gasteiger partial charge in [0.1, 0.15) is 5.56 Å². The van der Waals surface area contributed by atoms with Gasteiger partial charge in [-0.1, -0.05) is 23.7 Å². The first-order valence-corrected chi connectivity index (χ1v) is 5.35. The van der Waals surface area contributed by atoms with Gasteiger partial charge >= 0.3 is 0 Å². The molecule has 4 nitrogen and oxygen atoms in total. The van der Waals surface area contributed by atoms with E-state index in [1.165, 1.54) is 12.3 Å². The number of fused-ring (bicyclic) bond motifs is 2. The Hall–Kier alpha value is -2.07. The van der Waals surface area contributed by atoms with Gasteiger partial charge in [0.15, 0.2) is 5.75 Å². The van der Waals surface area contributed by atoms with Crippen molar-refractivity contribution in [2.24, 2.45) is 0 Å². The number of carbonyl (C=O) groups excluding carboxylic acids is 1. The number of aromatic nitrogens is 1. The predicted molar refractivity (Wildman–Crippen MR) is 63.7 cm³/mol. The maximum atomic E-state index is 11.9. The largest absolute Gasteiger partial charge is 0.436 e. The van der Waals surface area contributed by atoms with Gasteiger partial charge in [0.05, 0.1) is 10.7 Å². The highest BCUT2D eigenvalue weighted by Crippen LogP contribution is 2.34. The molecule has 1 aromatic heterocycles. The summed E-state index contributed by atoms with van der Waals surface area (Å²) in [6.45, 7) is 0. The fourth-order valence-corrected chi connectivity index (χ4v) is 1.78. The second-order valence-electron chi connectivity index (χ2n) is 3.56. The minimum absolute atomic E-state index is 0.261. The van der Waals surface area contributed by atoms with Gasteiger partial charge in [-0.05, 0) is 18.2 Å². The molecule has 0 radical (unpaired) electrons. The van der Waals surface area contributed by atoms with Crippen LogP contribution in [0.5, 0.6) is 11.6 Å². The number of ether oxygens (including phenoxy) is 1. The van der Waals surface area contributed by atoms with E-state index in [0.717, 1.165) is 0 Å². The fourth-order valence-electron chi connectivity index (χ4n) is 1.62. The zero-order valence-corrected chi connectivity index (χ0v) is 9.36. The van der Waals surface area contributed by atoms with Crippen molar-refractivity contribution >= 4 is 23.2 Å². The van der Waals surface area contributed by atoms with Crippen molar-refractivity contribution in [3.8, 4) is 11.6 Å². The molecule has 1 aliphatic heterocycles. The van der Waals surface area contributed by atoms with Crippen LogP contribution in [0.1, 0.15) is 10.4 Å².